The van der Waals surface area contributed by atoms with Gasteiger partial charge in [-0.2, -0.15) is 0 Å². The number of hydrogen-bond donors (Lipinski definition) is 1. The van der Waals surface area contributed by atoms with Crippen LogP contribution in [0.25, 0.3) is 31.8 Å². The first-order valence-corrected chi connectivity index (χ1v) is 13.2. The van der Waals surface area contributed by atoms with Gasteiger partial charge in [0.15, 0.2) is 0 Å². The standard InChI is InChI=1S/C28H31BN2O2S/c1-27(2)28(3,4)33-29(32-27)22-14-13-21-15-24(34-25(21)16-22)19-11-9-18(10-12-19)23-17-30-26(31-23)20-7-5-6-8-20/h9-17,20H,5-8H2,1-4H3,(H,30,31). The lowest BCUT2D eigenvalue weighted by molar-refractivity contribution is 0.00578. The molecule has 3 heterocycles. The van der Waals surface area contributed by atoms with Crippen molar-refractivity contribution in [3.8, 4) is 21.7 Å². The molecule has 0 unspecified atom stereocenters. The number of H-pyrrole nitrogens is 1. The number of thiophene rings is 1. The number of nitrogens with zero attached hydrogens (tertiary/aromatic N) is 1. The summed E-state index contributed by atoms with van der Waals surface area (Å²) in [7, 11) is -0.331. The fourth-order valence-electron chi connectivity index (χ4n) is 5.02. The summed E-state index contributed by atoms with van der Waals surface area (Å²) in [4.78, 5) is 9.50. The van der Waals surface area contributed by atoms with Gasteiger partial charge in [-0.1, -0.05) is 49.2 Å². The van der Waals surface area contributed by atoms with Gasteiger partial charge in [0.1, 0.15) is 5.82 Å². The first kappa shape index (κ1) is 22.1. The molecule has 4 nitrogen and oxygen atoms in total. The van der Waals surface area contributed by atoms with Crippen molar-refractivity contribution in [2.45, 2.75) is 70.5 Å². The molecule has 0 amide bonds. The second-order valence-corrected chi connectivity index (χ2v) is 11.8. The lowest BCUT2D eigenvalue weighted by Gasteiger charge is -2.32. The Labute approximate surface area is 205 Å². The molecule has 1 saturated carbocycles. The molecule has 6 heteroatoms. The number of benzene rings is 2. The van der Waals surface area contributed by atoms with Crippen molar-refractivity contribution in [2.24, 2.45) is 0 Å². The third kappa shape index (κ3) is 3.82. The van der Waals surface area contributed by atoms with Crippen LogP contribution < -0.4 is 5.46 Å². The smallest absolute Gasteiger partial charge is 0.399 e. The van der Waals surface area contributed by atoms with Crippen molar-refractivity contribution in [3.05, 3.63) is 60.6 Å². The Hall–Kier alpha value is -2.41. The number of aromatic nitrogens is 2. The Kier molecular flexibility index (Phi) is 5.25. The highest BCUT2D eigenvalue weighted by molar-refractivity contribution is 7.22. The van der Waals surface area contributed by atoms with E-state index in [1.165, 1.54) is 51.8 Å². The van der Waals surface area contributed by atoms with E-state index in [4.69, 9.17) is 9.31 Å². The summed E-state index contributed by atoms with van der Waals surface area (Å²) < 4.78 is 13.8. The first-order valence-electron chi connectivity index (χ1n) is 12.3. The van der Waals surface area contributed by atoms with Crippen LogP contribution >= 0.6 is 11.3 Å². The van der Waals surface area contributed by atoms with Gasteiger partial charge in [-0.3, -0.25) is 0 Å². The first-order chi connectivity index (χ1) is 16.3. The van der Waals surface area contributed by atoms with Crippen LogP contribution in [0.4, 0.5) is 0 Å². The van der Waals surface area contributed by atoms with Crippen LogP contribution in [0.5, 0.6) is 0 Å². The normalized spacial score (nSPS) is 19.9. The van der Waals surface area contributed by atoms with Crippen molar-refractivity contribution in [2.75, 3.05) is 0 Å². The molecule has 2 aromatic heterocycles. The summed E-state index contributed by atoms with van der Waals surface area (Å²) in [5.74, 6) is 1.76. The van der Waals surface area contributed by atoms with Gasteiger partial charge in [-0.15, -0.1) is 11.3 Å². The number of aromatic amines is 1. The van der Waals surface area contributed by atoms with Crippen molar-refractivity contribution >= 4 is 34.0 Å². The van der Waals surface area contributed by atoms with E-state index in [-0.39, 0.29) is 18.3 Å². The van der Waals surface area contributed by atoms with Crippen LogP contribution in [-0.2, 0) is 9.31 Å². The summed E-state index contributed by atoms with van der Waals surface area (Å²) in [5, 5.41) is 1.25. The summed E-state index contributed by atoms with van der Waals surface area (Å²) >= 11 is 1.81. The highest BCUT2D eigenvalue weighted by Gasteiger charge is 2.51. The van der Waals surface area contributed by atoms with Crippen molar-refractivity contribution in [3.63, 3.8) is 0 Å². The van der Waals surface area contributed by atoms with Gasteiger partial charge >= 0.3 is 7.12 Å². The molecular formula is C28H31BN2O2S. The maximum atomic E-state index is 6.25. The van der Waals surface area contributed by atoms with Crippen LogP contribution in [0.15, 0.2) is 54.7 Å². The maximum absolute atomic E-state index is 6.25. The average Bonchev–Trinajstić information content (AvgIpc) is 3.60. The van der Waals surface area contributed by atoms with Crippen molar-refractivity contribution in [1.29, 1.82) is 0 Å². The second kappa shape index (κ2) is 8.08. The quantitative estimate of drug-likeness (QED) is 0.330. The molecule has 2 aromatic carbocycles. The summed E-state index contributed by atoms with van der Waals surface area (Å²) in [6.45, 7) is 8.38. The molecule has 2 aliphatic rings. The van der Waals surface area contributed by atoms with E-state index in [1.54, 1.807) is 0 Å². The zero-order valence-corrected chi connectivity index (χ0v) is 21.2. The van der Waals surface area contributed by atoms with Crippen molar-refractivity contribution in [1.82, 2.24) is 9.97 Å². The Bertz CT molecular complexity index is 1320. The zero-order chi connectivity index (χ0) is 23.5. The summed E-state index contributed by atoms with van der Waals surface area (Å²) in [6, 6.07) is 17.6. The average molecular weight is 470 g/mol. The molecule has 1 aliphatic carbocycles. The van der Waals surface area contributed by atoms with Gasteiger partial charge in [0.05, 0.1) is 23.1 Å². The van der Waals surface area contributed by atoms with E-state index in [1.807, 2.05) is 17.5 Å². The fraction of sp³-hybridized carbons (Fsp3) is 0.393. The minimum atomic E-state index is -0.332. The molecule has 0 spiro atoms. The molecule has 174 valence electrons. The third-order valence-corrected chi connectivity index (χ3v) is 9.03. The number of fused-ring (bicyclic) bond motifs is 1. The maximum Gasteiger partial charge on any atom is 0.494 e. The number of imidazole rings is 1. The van der Waals surface area contributed by atoms with E-state index in [9.17, 15) is 0 Å². The summed E-state index contributed by atoms with van der Waals surface area (Å²) in [5.41, 5.74) is 3.94. The Balaban J connectivity index is 1.23. The molecule has 0 bridgehead atoms. The van der Waals surface area contributed by atoms with Crippen LogP contribution in [0.3, 0.4) is 0 Å². The number of nitrogens with one attached hydrogen (secondary N) is 1. The van der Waals surface area contributed by atoms with Gasteiger partial charge in [-0.25, -0.2) is 4.98 Å². The van der Waals surface area contributed by atoms with E-state index < -0.39 is 0 Å². The molecular weight excluding hydrogens is 439 g/mol. The molecule has 0 atom stereocenters. The topological polar surface area (TPSA) is 47.1 Å². The molecule has 0 radical (unpaired) electrons. The number of rotatable bonds is 4. The van der Waals surface area contributed by atoms with Gasteiger partial charge in [0, 0.05) is 15.5 Å². The molecule has 1 N–H and O–H groups in total. The van der Waals surface area contributed by atoms with Crippen LogP contribution in [0.1, 0.15) is 65.1 Å². The van der Waals surface area contributed by atoms with Gasteiger partial charge in [0.25, 0.3) is 0 Å². The third-order valence-electron chi connectivity index (χ3n) is 7.89. The predicted molar refractivity (Wildman–Crippen MR) is 142 cm³/mol. The highest BCUT2D eigenvalue weighted by Crippen LogP contribution is 2.38. The van der Waals surface area contributed by atoms with Crippen LogP contribution in [0, 0.1) is 0 Å². The Morgan fingerprint density at radius 2 is 1.59 bits per heavy atom. The van der Waals surface area contributed by atoms with Gasteiger partial charge in [0.2, 0.25) is 0 Å². The van der Waals surface area contributed by atoms with Crippen LogP contribution in [-0.4, -0.2) is 28.3 Å². The highest BCUT2D eigenvalue weighted by atomic mass is 32.1. The zero-order valence-electron chi connectivity index (χ0n) is 20.4. The minimum Gasteiger partial charge on any atom is -0.399 e. The van der Waals surface area contributed by atoms with Crippen molar-refractivity contribution < 1.29 is 9.31 Å². The van der Waals surface area contributed by atoms with E-state index in [0.29, 0.717) is 5.92 Å². The molecule has 2 fully saturated rings. The fourth-order valence-corrected chi connectivity index (χ4v) is 6.14. The minimum absolute atomic E-state index is 0.331. The van der Waals surface area contributed by atoms with Gasteiger partial charge < -0.3 is 14.3 Å². The lowest BCUT2D eigenvalue weighted by Crippen LogP contribution is -2.41. The largest absolute Gasteiger partial charge is 0.494 e. The number of hydrogen-bond acceptors (Lipinski definition) is 4. The van der Waals surface area contributed by atoms with Gasteiger partial charge in [-0.05, 0) is 74.6 Å². The van der Waals surface area contributed by atoms with E-state index >= 15 is 0 Å². The lowest BCUT2D eigenvalue weighted by atomic mass is 9.79. The molecule has 1 aliphatic heterocycles. The van der Waals surface area contributed by atoms with E-state index in [0.717, 1.165) is 17.0 Å². The molecule has 4 aromatic rings. The van der Waals surface area contributed by atoms with E-state index in [2.05, 4.69) is 86.2 Å². The Morgan fingerprint density at radius 3 is 2.29 bits per heavy atom. The molecule has 34 heavy (non-hydrogen) atoms. The monoisotopic (exact) mass is 470 g/mol. The molecule has 6 rings (SSSR count). The predicted octanol–water partition coefficient (Wildman–Crippen LogP) is 6.92. The SMILES string of the molecule is CC1(C)OB(c2ccc3cc(-c4ccc(-c5cnc(C6CCCC6)[nH]5)cc4)sc3c2)OC1(C)C. The second-order valence-electron chi connectivity index (χ2n) is 10.7. The Morgan fingerprint density at radius 1 is 0.912 bits per heavy atom. The van der Waals surface area contributed by atoms with Crippen LogP contribution in [0.2, 0.25) is 0 Å². The summed E-state index contributed by atoms with van der Waals surface area (Å²) in [6.07, 6.45) is 7.15. The molecule has 1 saturated heterocycles.